The van der Waals surface area contributed by atoms with E-state index >= 15 is 0 Å². The summed E-state index contributed by atoms with van der Waals surface area (Å²) in [5, 5.41) is 9.83. The van der Waals surface area contributed by atoms with E-state index in [-0.39, 0.29) is 10.6 Å². The first-order valence-electron chi connectivity index (χ1n) is 11.3. The average Bonchev–Trinajstić information content (AvgIpc) is 2.76. The average molecular weight is 463 g/mol. The van der Waals surface area contributed by atoms with Crippen molar-refractivity contribution >= 4 is 14.3 Å². The van der Waals surface area contributed by atoms with Crippen LogP contribution in [0.1, 0.15) is 47.8 Å². The third-order valence-corrected chi connectivity index (χ3v) is 11.0. The van der Waals surface area contributed by atoms with Gasteiger partial charge in [0.2, 0.25) is 0 Å². The lowest BCUT2D eigenvalue weighted by Crippen LogP contribution is -2.40. The molecule has 3 aromatic carbocycles. The molecule has 0 amide bonds. The fourth-order valence-corrected chi connectivity index (χ4v) is 4.31. The van der Waals surface area contributed by atoms with Crippen molar-refractivity contribution in [3.8, 4) is 16.9 Å². The molecule has 1 N–H and O–H groups in total. The molecule has 0 spiro atoms. The minimum atomic E-state index is -1.88. The zero-order chi connectivity index (χ0) is 24.2. The zero-order valence-corrected chi connectivity index (χ0v) is 21.4. The first kappa shape index (κ1) is 24.7. The van der Waals surface area contributed by atoms with E-state index in [1.54, 1.807) is 6.07 Å². The van der Waals surface area contributed by atoms with Crippen molar-refractivity contribution < 1.29 is 19.1 Å². The van der Waals surface area contributed by atoms with E-state index in [2.05, 4.69) is 33.9 Å². The van der Waals surface area contributed by atoms with Gasteiger partial charge in [0, 0.05) is 5.56 Å². The normalized spacial score (nSPS) is 11.9. The lowest BCUT2D eigenvalue weighted by Gasteiger charge is -2.36. The molecule has 174 valence electrons. The lowest BCUT2D eigenvalue weighted by molar-refractivity contribution is 0.0697. The molecule has 0 unspecified atom stereocenters. The Labute approximate surface area is 198 Å². The molecule has 33 heavy (non-hydrogen) atoms. The number of hydrogen-bond acceptors (Lipinski definition) is 3. The highest BCUT2D eigenvalue weighted by Gasteiger charge is 2.37. The maximum atomic E-state index is 11.8. The summed E-state index contributed by atoms with van der Waals surface area (Å²) in [4.78, 5) is 11.8. The summed E-state index contributed by atoms with van der Waals surface area (Å²) >= 11 is 0. The van der Waals surface area contributed by atoms with E-state index in [4.69, 9.17) is 9.16 Å². The Hall–Kier alpha value is -2.89. The smallest absolute Gasteiger partial charge is 0.336 e. The molecular formula is C28H34O4Si. The van der Waals surface area contributed by atoms with E-state index in [0.717, 1.165) is 28.0 Å². The van der Waals surface area contributed by atoms with Gasteiger partial charge in [-0.05, 0) is 65.5 Å². The summed E-state index contributed by atoms with van der Waals surface area (Å²) in [6.07, 6.45) is 0. The van der Waals surface area contributed by atoms with Crippen LogP contribution in [0.4, 0.5) is 0 Å². The first-order chi connectivity index (χ1) is 15.5. The third-order valence-electron chi connectivity index (χ3n) is 6.51. The molecule has 0 atom stereocenters. The lowest BCUT2D eigenvalue weighted by atomic mass is 9.94. The van der Waals surface area contributed by atoms with Gasteiger partial charge in [-0.15, -0.1) is 0 Å². The van der Waals surface area contributed by atoms with E-state index in [0.29, 0.717) is 18.8 Å². The monoisotopic (exact) mass is 462 g/mol. The van der Waals surface area contributed by atoms with Crippen molar-refractivity contribution in [1.82, 2.24) is 0 Å². The highest BCUT2D eigenvalue weighted by atomic mass is 28.4. The second kappa shape index (κ2) is 9.94. The first-order valence-corrected chi connectivity index (χ1v) is 14.2. The topological polar surface area (TPSA) is 55.8 Å². The van der Waals surface area contributed by atoms with Crippen LogP contribution in [0.5, 0.6) is 5.75 Å². The molecule has 0 aliphatic heterocycles. The van der Waals surface area contributed by atoms with Crippen LogP contribution < -0.4 is 4.74 Å². The number of aryl methyl sites for hydroxylation is 1. The quantitative estimate of drug-likeness (QED) is 0.353. The number of carbonyl (C=O) groups is 1. The molecule has 5 heteroatoms. The number of ether oxygens (including phenoxy) is 1. The van der Waals surface area contributed by atoms with Gasteiger partial charge in [0.25, 0.3) is 0 Å². The van der Waals surface area contributed by atoms with Crippen LogP contribution >= 0.6 is 0 Å². The van der Waals surface area contributed by atoms with Gasteiger partial charge in [-0.1, -0.05) is 69.3 Å². The summed E-state index contributed by atoms with van der Waals surface area (Å²) in [5.41, 5.74) is 4.88. The maximum Gasteiger partial charge on any atom is 0.336 e. The number of para-hydroxylation sites is 1. The van der Waals surface area contributed by atoms with E-state index in [9.17, 15) is 9.90 Å². The molecule has 0 aliphatic carbocycles. The Kier molecular flexibility index (Phi) is 7.45. The molecule has 0 radical (unpaired) electrons. The van der Waals surface area contributed by atoms with Crippen LogP contribution in [0.2, 0.25) is 18.1 Å². The highest BCUT2D eigenvalue weighted by Crippen LogP contribution is 2.37. The summed E-state index contributed by atoms with van der Waals surface area (Å²) in [7, 11) is -1.88. The molecule has 0 aromatic heterocycles. The van der Waals surface area contributed by atoms with Crippen molar-refractivity contribution in [2.24, 2.45) is 0 Å². The standard InChI is InChI=1S/C28H34O4Si/c1-20-11-7-9-13-23(20)25-17-21(15-16-24(25)27(29)30)18-31-26-14-10-8-12-22(26)19-32-33(5,6)28(2,3)4/h7-17H,18-19H2,1-6H3,(H,29,30). The van der Waals surface area contributed by atoms with E-state index in [1.165, 1.54) is 0 Å². The minimum absolute atomic E-state index is 0.140. The van der Waals surface area contributed by atoms with Gasteiger partial charge in [0.15, 0.2) is 8.32 Å². The van der Waals surface area contributed by atoms with Crippen LogP contribution in [0.3, 0.4) is 0 Å². The van der Waals surface area contributed by atoms with E-state index in [1.807, 2.05) is 67.6 Å². The molecule has 0 bridgehead atoms. The molecule has 0 heterocycles. The maximum absolute atomic E-state index is 11.8. The summed E-state index contributed by atoms with van der Waals surface area (Å²) in [6.45, 7) is 14.0. The molecule has 3 aromatic rings. The SMILES string of the molecule is Cc1ccccc1-c1cc(COc2ccccc2CO[Si](C)(C)C(C)(C)C)ccc1C(=O)O. The highest BCUT2D eigenvalue weighted by molar-refractivity contribution is 6.74. The van der Waals surface area contributed by atoms with Gasteiger partial charge in [-0.3, -0.25) is 0 Å². The van der Waals surface area contributed by atoms with Crippen molar-refractivity contribution in [3.63, 3.8) is 0 Å². The number of rotatable bonds is 8. The van der Waals surface area contributed by atoms with Crippen molar-refractivity contribution in [2.75, 3.05) is 0 Å². The van der Waals surface area contributed by atoms with Crippen molar-refractivity contribution in [3.05, 3.63) is 89.0 Å². The fraction of sp³-hybridized carbons (Fsp3) is 0.321. The van der Waals surface area contributed by atoms with E-state index < -0.39 is 14.3 Å². The molecule has 0 aliphatic rings. The number of hydrogen-bond donors (Lipinski definition) is 1. The molecule has 3 rings (SSSR count). The van der Waals surface area contributed by atoms with Gasteiger partial charge in [-0.2, -0.15) is 0 Å². The summed E-state index contributed by atoms with van der Waals surface area (Å²) in [6, 6.07) is 21.2. The summed E-state index contributed by atoms with van der Waals surface area (Å²) < 4.78 is 12.6. The van der Waals surface area contributed by atoms with Gasteiger partial charge >= 0.3 is 5.97 Å². The molecule has 0 saturated heterocycles. The zero-order valence-electron chi connectivity index (χ0n) is 20.4. The third kappa shape index (κ3) is 5.92. The molecular weight excluding hydrogens is 428 g/mol. The van der Waals surface area contributed by atoms with Gasteiger partial charge < -0.3 is 14.3 Å². The molecule has 0 saturated carbocycles. The Balaban J connectivity index is 1.82. The minimum Gasteiger partial charge on any atom is -0.489 e. The van der Waals surface area contributed by atoms with Crippen LogP contribution in [0, 0.1) is 6.92 Å². The van der Waals surface area contributed by atoms with Crippen LogP contribution in [-0.2, 0) is 17.6 Å². The molecule has 4 nitrogen and oxygen atoms in total. The fourth-order valence-electron chi connectivity index (χ4n) is 3.37. The number of carboxylic acid groups (broad SMARTS) is 1. The van der Waals surface area contributed by atoms with Crippen LogP contribution in [0.25, 0.3) is 11.1 Å². The number of benzene rings is 3. The van der Waals surface area contributed by atoms with Crippen molar-refractivity contribution in [2.45, 2.75) is 59.0 Å². The summed E-state index contributed by atoms with van der Waals surface area (Å²) in [5.74, 6) is -0.148. The molecule has 0 fully saturated rings. The predicted octanol–water partition coefficient (Wildman–Crippen LogP) is 7.46. The Morgan fingerprint density at radius 2 is 1.58 bits per heavy atom. The second-order valence-corrected chi connectivity index (χ2v) is 14.8. The Morgan fingerprint density at radius 3 is 2.24 bits per heavy atom. The van der Waals surface area contributed by atoms with Gasteiger partial charge in [-0.25, -0.2) is 4.79 Å². The van der Waals surface area contributed by atoms with Crippen LogP contribution in [-0.4, -0.2) is 19.4 Å². The van der Waals surface area contributed by atoms with Crippen molar-refractivity contribution in [1.29, 1.82) is 0 Å². The number of aromatic carboxylic acids is 1. The van der Waals surface area contributed by atoms with Crippen LogP contribution in [0.15, 0.2) is 66.7 Å². The van der Waals surface area contributed by atoms with Gasteiger partial charge in [0.05, 0.1) is 12.2 Å². The largest absolute Gasteiger partial charge is 0.489 e. The Morgan fingerprint density at radius 1 is 0.909 bits per heavy atom. The predicted molar refractivity (Wildman–Crippen MR) is 136 cm³/mol. The number of carboxylic acids is 1. The Bertz CT molecular complexity index is 1130. The van der Waals surface area contributed by atoms with Gasteiger partial charge in [0.1, 0.15) is 12.4 Å². The second-order valence-electron chi connectivity index (χ2n) is 9.95.